The molecule has 2 aromatic carbocycles. The Morgan fingerprint density at radius 1 is 1.09 bits per heavy atom. The summed E-state index contributed by atoms with van der Waals surface area (Å²) in [7, 11) is 0. The van der Waals surface area contributed by atoms with Crippen LogP contribution in [0.5, 0.6) is 0 Å². The summed E-state index contributed by atoms with van der Waals surface area (Å²) in [4.78, 5) is 11.9. The number of benzene rings is 2. The molecule has 6 heteroatoms. The summed E-state index contributed by atoms with van der Waals surface area (Å²) < 4.78 is 12.2. The van der Waals surface area contributed by atoms with Crippen molar-refractivity contribution in [1.82, 2.24) is 10.6 Å². The van der Waals surface area contributed by atoms with Crippen LogP contribution < -0.4 is 10.6 Å². The summed E-state index contributed by atoms with van der Waals surface area (Å²) in [6, 6.07) is 14.3. The third kappa shape index (κ3) is 5.41. The van der Waals surface area contributed by atoms with Crippen LogP contribution in [0.2, 0.25) is 10.0 Å². The highest BCUT2D eigenvalue weighted by Gasteiger charge is 2.16. The van der Waals surface area contributed by atoms with Gasteiger partial charge in [-0.15, -0.1) is 0 Å². The molecule has 0 aliphatic carbocycles. The van der Waals surface area contributed by atoms with Crippen LogP contribution in [0, 0.1) is 0 Å². The van der Waals surface area contributed by atoms with Gasteiger partial charge in [0.05, 0.1) is 16.1 Å². The van der Waals surface area contributed by atoms with Crippen LogP contribution in [0.25, 0.3) is 0 Å². The van der Waals surface area contributed by atoms with E-state index in [4.69, 9.17) is 23.2 Å². The molecule has 0 saturated heterocycles. The molecular formula is C17H17Cl2FN2O. The number of carbonyl (C=O) groups is 1. The minimum Gasteiger partial charge on any atom is -0.336 e. The van der Waals surface area contributed by atoms with E-state index in [1.807, 2.05) is 36.4 Å². The van der Waals surface area contributed by atoms with Crippen molar-refractivity contribution < 1.29 is 9.18 Å². The molecule has 0 aliphatic rings. The van der Waals surface area contributed by atoms with Crippen molar-refractivity contribution in [3.8, 4) is 0 Å². The molecule has 23 heavy (non-hydrogen) atoms. The van der Waals surface area contributed by atoms with Gasteiger partial charge in [0, 0.05) is 6.54 Å². The summed E-state index contributed by atoms with van der Waals surface area (Å²) in [5.41, 5.74) is 1.90. The molecule has 1 unspecified atom stereocenters. The average molecular weight is 355 g/mol. The van der Waals surface area contributed by atoms with Crippen LogP contribution >= 0.6 is 23.2 Å². The van der Waals surface area contributed by atoms with Crippen LogP contribution in [0.15, 0.2) is 48.5 Å². The Labute approximate surface area is 144 Å². The highest BCUT2D eigenvalue weighted by Crippen LogP contribution is 2.27. The highest BCUT2D eigenvalue weighted by molar-refractivity contribution is 6.42. The maximum absolute atomic E-state index is 12.2. The first-order valence-electron chi connectivity index (χ1n) is 7.19. The van der Waals surface area contributed by atoms with Crippen LogP contribution in [-0.2, 0) is 6.42 Å². The first kappa shape index (κ1) is 17.6. The van der Waals surface area contributed by atoms with Crippen molar-refractivity contribution in [2.45, 2.75) is 12.5 Å². The molecule has 2 aromatic rings. The van der Waals surface area contributed by atoms with E-state index in [-0.39, 0.29) is 12.6 Å². The largest absolute Gasteiger partial charge is 0.336 e. The molecule has 0 fully saturated rings. The molecule has 0 spiro atoms. The SMILES string of the molecule is O=C(NCCF)NC(Cc1ccccc1)c1ccc(Cl)c(Cl)c1. The van der Waals surface area contributed by atoms with Gasteiger partial charge in [0.25, 0.3) is 0 Å². The molecule has 0 bridgehead atoms. The third-order valence-corrected chi connectivity index (χ3v) is 4.05. The first-order chi connectivity index (χ1) is 11.1. The van der Waals surface area contributed by atoms with Crippen molar-refractivity contribution in [1.29, 1.82) is 0 Å². The number of carbonyl (C=O) groups excluding carboxylic acids is 1. The molecule has 2 rings (SSSR count). The van der Waals surface area contributed by atoms with Crippen molar-refractivity contribution in [2.24, 2.45) is 0 Å². The Morgan fingerprint density at radius 3 is 2.48 bits per heavy atom. The summed E-state index contributed by atoms with van der Waals surface area (Å²) >= 11 is 12.0. The van der Waals surface area contributed by atoms with Crippen molar-refractivity contribution in [3.63, 3.8) is 0 Å². The third-order valence-electron chi connectivity index (χ3n) is 3.31. The summed E-state index contributed by atoms with van der Waals surface area (Å²) in [6.45, 7) is -0.630. The number of hydrogen-bond donors (Lipinski definition) is 2. The zero-order valence-corrected chi connectivity index (χ0v) is 13.9. The summed E-state index contributed by atoms with van der Waals surface area (Å²) in [5, 5.41) is 6.18. The summed E-state index contributed by atoms with van der Waals surface area (Å²) in [5.74, 6) is 0. The van der Waals surface area contributed by atoms with Gasteiger partial charge < -0.3 is 10.6 Å². The monoisotopic (exact) mass is 354 g/mol. The van der Waals surface area contributed by atoms with Gasteiger partial charge in [-0.25, -0.2) is 9.18 Å². The topological polar surface area (TPSA) is 41.1 Å². The van der Waals surface area contributed by atoms with Crippen LogP contribution in [0.1, 0.15) is 17.2 Å². The fourth-order valence-electron chi connectivity index (χ4n) is 2.20. The lowest BCUT2D eigenvalue weighted by Crippen LogP contribution is -2.39. The Kier molecular flexibility index (Phi) is 6.68. The number of urea groups is 1. The first-order valence-corrected chi connectivity index (χ1v) is 7.95. The van der Waals surface area contributed by atoms with Crippen molar-refractivity contribution in [3.05, 3.63) is 69.7 Å². The van der Waals surface area contributed by atoms with Crippen molar-refractivity contribution >= 4 is 29.2 Å². The van der Waals surface area contributed by atoms with E-state index in [1.165, 1.54) is 0 Å². The number of amides is 2. The fraction of sp³-hybridized carbons (Fsp3) is 0.235. The fourth-order valence-corrected chi connectivity index (χ4v) is 2.51. The Hall–Kier alpha value is -1.78. The zero-order chi connectivity index (χ0) is 16.7. The van der Waals surface area contributed by atoms with Crippen molar-refractivity contribution in [2.75, 3.05) is 13.2 Å². The molecular weight excluding hydrogens is 338 g/mol. The lowest BCUT2D eigenvalue weighted by Gasteiger charge is -2.20. The molecule has 0 aliphatic heterocycles. The van der Waals surface area contributed by atoms with E-state index < -0.39 is 12.7 Å². The molecule has 2 amide bonds. The lowest BCUT2D eigenvalue weighted by molar-refractivity contribution is 0.236. The number of alkyl halides is 1. The molecule has 3 nitrogen and oxygen atoms in total. The smallest absolute Gasteiger partial charge is 0.315 e. The zero-order valence-electron chi connectivity index (χ0n) is 12.4. The van der Waals surface area contributed by atoms with Gasteiger partial charge in [0.15, 0.2) is 0 Å². The van der Waals surface area contributed by atoms with E-state index >= 15 is 0 Å². The summed E-state index contributed by atoms with van der Waals surface area (Å²) in [6.07, 6.45) is 0.585. The number of halogens is 3. The van der Waals surface area contributed by atoms with Gasteiger partial charge in [-0.05, 0) is 29.7 Å². The molecule has 122 valence electrons. The minimum atomic E-state index is -0.608. The Morgan fingerprint density at radius 2 is 1.83 bits per heavy atom. The van der Waals surface area contributed by atoms with Crippen LogP contribution in [0.3, 0.4) is 0 Å². The number of rotatable bonds is 6. The standard InChI is InChI=1S/C17H17Cl2FN2O/c18-14-7-6-13(11-15(14)19)16(22-17(23)21-9-8-20)10-12-4-2-1-3-5-12/h1-7,11,16H,8-10H2,(H2,21,22,23). The second-order valence-electron chi connectivity index (χ2n) is 5.01. The van der Waals surface area contributed by atoms with Gasteiger partial charge in [-0.2, -0.15) is 0 Å². The maximum atomic E-state index is 12.2. The lowest BCUT2D eigenvalue weighted by atomic mass is 9.99. The molecule has 0 aromatic heterocycles. The van der Waals surface area contributed by atoms with Gasteiger partial charge in [0.2, 0.25) is 0 Å². The van der Waals surface area contributed by atoms with Gasteiger partial charge >= 0.3 is 6.03 Å². The predicted molar refractivity (Wildman–Crippen MR) is 91.9 cm³/mol. The van der Waals surface area contributed by atoms with Gasteiger partial charge in [0.1, 0.15) is 6.67 Å². The van der Waals surface area contributed by atoms with E-state index in [1.54, 1.807) is 12.1 Å². The average Bonchev–Trinajstić information content (AvgIpc) is 2.56. The van der Waals surface area contributed by atoms with E-state index in [0.717, 1.165) is 11.1 Å². The molecule has 0 radical (unpaired) electrons. The Balaban J connectivity index is 2.19. The second kappa shape index (κ2) is 8.75. The molecule has 2 N–H and O–H groups in total. The minimum absolute atomic E-state index is 0.0226. The normalized spacial score (nSPS) is 11.8. The maximum Gasteiger partial charge on any atom is 0.315 e. The number of nitrogens with one attached hydrogen (secondary N) is 2. The number of hydrogen-bond acceptors (Lipinski definition) is 1. The van der Waals surface area contributed by atoms with E-state index in [0.29, 0.717) is 16.5 Å². The van der Waals surface area contributed by atoms with E-state index in [2.05, 4.69) is 10.6 Å². The molecule has 0 heterocycles. The molecule has 1 atom stereocenters. The molecule has 0 saturated carbocycles. The van der Waals surface area contributed by atoms with Gasteiger partial charge in [-0.1, -0.05) is 59.6 Å². The quantitative estimate of drug-likeness (QED) is 0.785. The highest BCUT2D eigenvalue weighted by atomic mass is 35.5. The second-order valence-corrected chi connectivity index (χ2v) is 5.82. The van der Waals surface area contributed by atoms with Gasteiger partial charge in [-0.3, -0.25) is 0 Å². The van der Waals surface area contributed by atoms with Crippen LogP contribution in [-0.4, -0.2) is 19.3 Å². The predicted octanol–water partition coefficient (Wildman–Crippen LogP) is 4.55. The van der Waals surface area contributed by atoms with Crippen LogP contribution in [0.4, 0.5) is 9.18 Å². The Bertz CT molecular complexity index is 652. The van der Waals surface area contributed by atoms with E-state index in [9.17, 15) is 9.18 Å².